The summed E-state index contributed by atoms with van der Waals surface area (Å²) in [6, 6.07) is 7.98. The zero-order valence-corrected chi connectivity index (χ0v) is 17.1. The van der Waals surface area contributed by atoms with Gasteiger partial charge in [0.2, 0.25) is 0 Å². The molecule has 0 fully saturated rings. The van der Waals surface area contributed by atoms with Gasteiger partial charge in [-0.3, -0.25) is 4.79 Å². The molecule has 3 N–H and O–H groups in total. The van der Waals surface area contributed by atoms with E-state index in [1.165, 1.54) is 0 Å². The Balaban J connectivity index is 2.71. The second-order valence-corrected chi connectivity index (χ2v) is 7.13. The van der Waals surface area contributed by atoms with Crippen molar-refractivity contribution in [1.82, 2.24) is 20.9 Å². The fourth-order valence-corrected chi connectivity index (χ4v) is 2.18. The Labute approximate surface area is 158 Å². The van der Waals surface area contributed by atoms with Gasteiger partial charge < -0.3 is 20.9 Å². The van der Waals surface area contributed by atoms with Gasteiger partial charge in [0.15, 0.2) is 5.96 Å². The van der Waals surface area contributed by atoms with Crippen LogP contribution in [0.25, 0.3) is 0 Å². The summed E-state index contributed by atoms with van der Waals surface area (Å²) in [5.41, 5.74) is 1.68. The first-order valence-corrected chi connectivity index (χ1v) is 9.40. The van der Waals surface area contributed by atoms with Gasteiger partial charge in [0, 0.05) is 31.2 Å². The van der Waals surface area contributed by atoms with Crippen LogP contribution in [-0.4, -0.2) is 56.5 Å². The molecule has 0 heterocycles. The molecule has 0 aromatic heterocycles. The van der Waals surface area contributed by atoms with Crippen LogP contribution in [0.5, 0.6) is 0 Å². The molecule has 0 saturated carbocycles. The second-order valence-electron chi connectivity index (χ2n) is 7.13. The first-order chi connectivity index (χ1) is 12.3. The van der Waals surface area contributed by atoms with E-state index < -0.39 is 0 Å². The van der Waals surface area contributed by atoms with Crippen molar-refractivity contribution in [3.8, 4) is 0 Å². The lowest BCUT2D eigenvalue weighted by Gasteiger charge is -2.20. The smallest absolute Gasteiger partial charge is 0.251 e. The maximum Gasteiger partial charge on any atom is 0.251 e. The van der Waals surface area contributed by atoms with Gasteiger partial charge in [-0.1, -0.05) is 26.0 Å². The van der Waals surface area contributed by atoms with Crippen LogP contribution in [0.1, 0.15) is 43.6 Å². The summed E-state index contributed by atoms with van der Waals surface area (Å²) in [7, 11) is 3.97. The number of likely N-dealkylation sites (N-methyl/N-ethyl adjacent to an activating group) is 1. The van der Waals surface area contributed by atoms with Gasteiger partial charge in [0.1, 0.15) is 0 Å². The van der Waals surface area contributed by atoms with E-state index in [-0.39, 0.29) is 5.91 Å². The number of carbonyl (C=O) groups is 1. The van der Waals surface area contributed by atoms with E-state index in [2.05, 4.69) is 48.6 Å². The van der Waals surface area contributed by atoms with Crippen LogP contribution >= 0.6 is 0 Å². The molecular formula is C20H35N5O. The number of hydrogen-bond donors (Lipinski definition) is 3. The Bertz CT molecular complexity index is 583. The molecule has 6 nitrogen and oxygen atoms in total. The first-order valence-electron chi connectivity index (χ1n) is 9.40. The van der Waals surface area contributed by atoms with Crippen LogP contribution in [0.4, 0.5) is 0 Å². The van der Waals surface area contributed by atoms with Crippen molar-refractivity contribution >= 4 is 11.9 Å². The molecule has 146 valence electrons. The average Bonchev–Trinajstić information content (AvgIpc) is 2.59. The van der Waals surface area contributed by atoms with E-state index >= 15 is 0 Å². The molecule has 1 unspecified atom stereocenters. The van der Waals surface area contributed by atoms with Crippen LogP contribution in [0.15, 0.2) is 29.3 Å². The summed E-state index contributed by atoms with van der Waals surface area (Å²) in [4.78, 5) is 18.9. The van der Waals surface area contributed by atoms with E-state index in [4.69, 9.17) is 0 Å². The molecule has 0 aliphatic carbocycles. The van der Waals surface area contributed by atoms with E-state index in [1.54, 1.807) is 0 Å². The van der Waals surface area contributed by atoms with Gasteiger partial charge in [-0.2, -0.15) is 0 Å². The van der Waals surface area contributed by atoms with Crippen molar-refractivity contribution in [1.29, 1.82) is 0 Å². The first kappa shape index (κ1) is 22.0. The molecule has 1 aromatic rings. The highest BCUT2D eigenvalue weighted by molar-refractivity contribution is 5.94. The fourth-order valence-electron chi connectivity index (χ4n) is 2.18. The Hall–Kier alpha value is -2.08. The summed E-state index contributed by atoms with van der Waals surface area (Å²) >= 11 is 0. The maximum absolute atomic E-state index is 12.2. The minimum Gasteiger partial charge on any atom is -0.357 e. The summed E-state index contributed by atoms with van der Waals surface area (Å²) in [5.74, 6) is 1.28. The quantitative estimate of drug-likeness (QED) is 0.465. The Morgan fingerprint density at radius 1 is 1.19 bits per heavy atom. The third-order valence-electron chi connectivity index (χ3n) is 4.16. The van der Waals surface area contributed by atoms with E-state index in [1.807, 2.05) is 43.3 Å². The van der Waals surface area contributed by atoms with Gasteiger partial charge in [0.05, 0.1) is 6.54 Å². The topological polar surface area (TPSA) is 68.8 Å². The number of guanidine groups is 1. The van der Waals surface area contributed by atoms with Gasteiger partial charge >= 0.3 is 0 Å². The lowest BCUT2D eigenvalue weighted by atomic mass is 10.1. The zero-order valence-electron chi connectivity index (χ0n) is 17.1. The Morgan fingerprint density at radius 3 is 2.54 bits per heavy atom. The van der Waals surface area contributed by atoms with Crippen molar-refractivity contribution in [2.45, 2.75) is 40.3 Å². The maximum atomic E-state index is 12.2. The van der Waals surface area contributed by atoms with Crippen LogP contribution < -0.4 is 16.0 Å². The standard InChI is InChI=1S/C20H35N5O/c1-7-21-20(24-16(4)15(2)3)23-14-17-9-8-10-18(13-17)19(26)22-11-12-25(5)6/h8-10,13,15-16H,7,11-12,14H2,1-6H3,(H,22,26)(H2,21,23,24). The zero-order chi connectivity index (χ0) is 19.5. The highest BCUT2D eigenvalue weighted by Crippen LogP contribution is 2.07. The molecule has 0 aliphatic heterocycles. The van der Waals surface area contributed by atoms with Gasteiger partial charge in [0.25, 0.3) is 5.91 Å². The third kappa shape index (κ3) is 8.34. The van der Waals surface area contributed by atoms with Crippen molar-refractivity contribution in [3.05, 3.63) is 35.4 Å². The largest absolute Gasteiger partial charge is 0.357 e. The molecule has 0 aliphatic rings. The predicted molar refractivity (Wildman–Crippen MR) is 110 cm³/mol. The van der Waals surface area contributed by atoms with Crippen LogP contribution in [0.2, 0.25) is 0 Å². The van der Waals surface area contributed by atoms with Crippen molar-refractivity contribution in [2.75, 3.05) is 33.7 Å². The SMILES string of the molecule is CCNC(=NCc1cccc(C(=O)NCCN(C)C)c1)NC(C)C(C)C. The number of nitrogens with zero attached hydrogens (tertiary/aromatic N) is 2. The summed E-state index contributed by atoms with van der Waals surface area (Å²) in [5, 5.41) is 9.63. The predicted octanol–water partition coefficient (Wildman–Crippen LogP) is 2.08. The molecular weight excluding hydrogens is 326 g/mol. The van der Waals surface area contributed by atoms with Crippen LogP contribution in [0.3, 0.4) is 0 Å². The number of rotatable bonds is 9. The Kier molecular flexibility index (Phi) is 9.73. The summed E-state index contributed by atoms with van der Waals surface area (Å²) < 4.78 is 0. The normalized spacial score (nSPS) is 13.0. The molecule has 0 saturated heterocycles. The van der Waals surface area contributed by atoms with Crippen LogP contribution in [0, 0.1) is 5.92 Å². The van der Waals surface area contributed by atoms with Gasteiger partial charge in [-0.15, -0.1) is 0 Å². The Morgan fingerprint density at radius 2 is 1.92 bits per heavy atom. The highest BCUT2D eigenvalue weighted by atomic mass is 16.1. The third-order valence-corrected chi connectivity index (χ3v) is 4.16. The van der Waals surface area contributed by atoms with Gasteiger partial charge in [-0.25, -0.2) is 4.99 Å². The lowest BCUT2D eigenvalue weighted by Crippen LogP contribution is -2.44. The summed E-state index contributed by atoms with van der Waals surface area (Å²) in [6.07, 6.45) is 0. The lowest BCUT2D eigenvalue weighted by molar-refractivity contribution is 0.0951. The second kappa shape index (κ2) is 11.5. The fraction of sp³-hybridized carbons (Fsp3) is 0.600. The van der Waals surface area contributed by atoms with Gasteiger partial charge in [-0.05, 0) is 51.6 Å². The average molecular weight is 362 g/mol. The minimum atomic E-state index is -0.0452. The highest BCUT2D eigenvalue weighted by Gasteiger charge is 2.09. The minimum absolute atomic E-state index is 0.0452. The molecule has 26 heavy (non-hydrogen) atoms. The van der Waals surface area contributed by atoms with Crippen molar-refractivity contribution < 1.29 is 4.79 Å². The van der Waals surface area contributed by atoms with E-state index in [0.29, 0.717) is 30.6 Å². The molecule has 6 heteroatoms. The molecule has 0 radical (unpaired) electrons. The summed E-state index contributed by atoms with van der Waals surface area (Å²) in [6.45, 7) is 11.4. The number of aliphatic imine (C=N–C) groups is 1. The molecule has 0 spiro atoms. The number of benzene rings is 1. The van der Waals surface area contributed by atoms with Crippen LogP contribution in [-0.2, 0) is 6.54 Å². The molecule has 1 aromatic carbocycles. The number of nitrogens with one attached hydrogen (secondary N) is 3. The molecule has 1 amide bonds. The number of amides is 1. The number of hydrogen-bond acceptors (Lipinski definition) is 3. The number of carbonyl (C=O) groups excluding carboxylic acids is 1. The molecule has 1 atom stereocenters. The van der Waals surface area contributed by atoms with E-state index in [9.17, 15) is 4.79 Å². The van der Waals surface area contributed by atoms with Crippen molar-refractivity contribution in [3.63, 3.8) is 0 Å². The van der Waals surface area contributed by atoms with E-state index in [0.717, 1.165) is 24.6 Å². The molecule has 1 rings (SSSR count). The monoisotopic (exact) mass is 361 g/mol. The molecule has 0 bridgehead atoms. The van der Waals surface area contributed by atoms with Crippen molar-refractivity contribution in [2.24, 2.45) is 10.9 Å².